The van der Waals surface area contributed by atoms with Gasteiger partial charge in [0.1, 0.15) is 4.90 Å². The average Bonchev–Trinajstić information content (AvgIpc) is 3.04. The summed E-state index contributed by atoms with van der Waals surface area (Å²) in [7, 11) is 0. The van der Waals surface area contributed by atoms with Crippen LogP contribution in [-0.4, -0.2) is 20.2 Å². The van der Waals surface area contributed by atoms with Gasteiger partial charge >= 0.3 is 0 Å². The van der Waals surface area contributed by atoms with E-state index < -0.39 is 16.4 Å². The number of nitro groups is 1. The SMILES string of the molecule is Cc1c(Sc2ccccc2[N+](=O)[O-])c(=O)n(-c2ccccc2)n1C(=O)c1ccccc1Br. The Balaban J connectivity index is 1.95. The Kier molecular flexibility index (Phi) is 6.11. The molecule has 0 saturated heterocycles. The van der Waals surface area contributed by atoms with Gasteiger partial charge in [0, 0.05) is 10.5 Å². The van der Waals surface area contributed by atoms with Gasteiger partial charge in [0.2, 0.25) is 0 Å². The molecule has 1 heterocycles. The second kappa shape index (κ2) is 8.97. The molecule has 3 aromatic carbocycles. The predicted octanol–water partition coefficient (Wildman–Crippen LogP) is 5.46. The number of hydrogen-bond acceptors (Lipinski definition) is 5. The maximum atomic E-state index is 13.5. The summed E-state index contributed by atoms with van der Waals surface area (Å²) in [5.41, 5.74) is 0.750. The maximum Gasteiger partial charge on any atom is 0.286 e. The first kappa shape index (κ1) is 21.8. The Morgan fingerprint density at radius 2 is 1.59 bits per heavy atom. The van der Waals surface area contributed by atoms with Crippen molar-refractivity contribution < 1.29 is 9.72 Å². The quantitative estimate of drug-likeness (QED) is 0.263. The summed E-state index contributed by atoms with van der Waals surface area (Å²) in [6.45, 7) is 1.66. The molecule has 0 atom stereocenters. The van der Waals surface area contributed by atoms with Crippen molar-refractivity contribution in [3.63, 3.8) is 0 Å². The molecule has 32 heavy (non-hydrogen) atoms. The Bertz CT molecular complexity index is 1400. The highest BCUT2D eigenvalue weighted by atomic mass is 79.9. The summed E-state index contributed by atoms with van der Waals surface area (Å²) in [6.07, 6.45) is 0. The zero-order valence-corrected chi connectivity index (χ0v) is 19.2. The largest absolute Gasteiger partial charge is 0.286 e. The Morgan fingerprint density at radius 1 is 0.969 bits per heavy atom. The summed E-state index contributed by atoms with van der Waals surface area (Å²) in [4.78, 5) is 38.6. The lowest BCUT2D eigenvalue weighted by atomic mass is 10.2. The fourth-order valence-corrected chi connectivity index (χ4v) is 4.78. The van der Waals surface area contributed by atoms with Crippen LogP contribution in [0.1, 0.15) is 16.1 Å². The predicted molar refractivity (Wildman–Crippen MR) is 126 cm³/mol. The number of nitrogens with zero attached hydrogens (tertiary/aromatic N) is 3. The fourth-order valence-electron chi connectivity index (χ4n) is 3.30. The number of hydrogen-bond donors (Lipinski definition) is 0. The highest BCUT2D eigenvalue weighted by Gasteiger charge is 2.26. The molecule has 0 N–H and O–H groups in total. The van der Waals surface area contributed by atoms with E-state index in [1.54, 1.807) is 73.7 Å². The number of benzene rings is 3. The number of aromatic nitrogens is 2. The lowest BCUT2D eigenvalue weighted by molar-refractivity contribution is -0.387. The van der Waals surface area contributed by atoms with Crippen LogP contribution in [0.5, 0.6) is 0 Å². The Morgan fingerprint density at radius 3 is 2.28 bits per heavy atom. The zero-order chi connectivity index (χ0) is 22.8. The highest BCUT2D eigenvalue weighted by Crippen LogP contribution is 2.35. The average molecular weight is 510 g/mol. The minimum absolute atomic E-state index is 0.104. The molecule has 0 radical (unpaired) electrons. The van der Waals surface area contributed by atoms with Crippen LogP contribution >= 0.6 is 27.7 Å². The number of para-hydroxylation sites is 2. The molecule has 4 aromatic rings. The maximum absolute atomic E-state index is 13.5. The first-order valence-electron chi connectivity index (χ1n) is 9.50. The van der Waals surface area contributed by atoms with Crippen molar-refractivity contribution in [1.29, 1.82) is 0 Å². The van der Waals surface area contributed by atoms with Crippen LogP contribution < -0.4 is 5.56 Å². The molecule has 0 amide bonds. The van der Waals surface area contributed by atoms with Crippen LogP contribution in [0, 0.1) is 17.0 Å². The van der Waals surface area contributed by atoms with Crippen LogP contribution in [-0.2, 0) is 0 Å². The van der Waals surface area contributed by atoms with Crippen LogP contribution in [0.3, 0.4) is 0 Å². The molecule has 0 bridgehead atoms. The lowest BCUT2D eigenvalue weighted by Crippen LogP contribution is -2.27. The lowest BCUT2D eigenvalue weighted by Gasteiger charge is -2.13. The molecule has 0 spiro atoms. The first-order valence-corrected chi connectivity index (χ1v) is 11.1. The van der Waals surface area contributed by atoms with Gasteiger partial charge in [-0.2, -0.15) is 0 Å². The van der Waals surface area contributed by atoms with Crippen molar-refractivity contribution >= 4 is 39.3 Å². The van der Waals surface area contributed by atoms with Crippen molar-refractivity contribution in [2.75, 3.05) is 0 Å². The smallest absolute Gasteiger partial charge is 0.267 e. The molecule has 0 aliphatic rings. The molecule has 0 saturated carbocycles. The van der Waals surface area contributed by atoms with E-state index in [9.17, 15) is 19.7 Å². The van der Waals surface area contributed by atoms with E-state index in [2.05, 4.69) is 15.9 Å². The van der Waals surface area contributed by atoms with Gasteiger partial charge in [0.05, 0.1) is 26.8 Å². The van der Waals surface area contributed by atoms with E-state index in [1.807, 2.05) is 6.07 Å². The molecule has 7 nitrogen and oxygen atoms in total. The molecule has 1 aromatic heterocycles. The van der Waals surface area contributed by atoms with Crippen LogP contribution in [0.15, 0.2) is 97.9 Å². The second-order valence-electron chi connectivity index (χ2n) is 6.79. The highest BCUT2D eigenvalue weighted by molar-refractivity contribution is 9.10. The van der Waals surface area contributed by atoms with E-state index in [1.165, 1.54) is 15.4 Å². The number of carbonyl (C=O) groups excluding carboxylic acids is 1. The zero-order valence-electron chi connectivity index (χ0n) is 16.8. The van der Waals surface area contributed by atoms with Crippen LogP contribution in [0.25, 0.3) is 5.69 Å². The Labute approximate surface area is 195 Å². The van der Waals surface area contributed by atoms with Gasteiger partial charge < -0.3 is 0 Å². The molecule has 0 fully saturated rings. The third kappa shape index (κ3) is 3.92. The van der Waals surface area contributed by atoms with E-state index in [0.717, 1.165) is 11.8 Å². The summed E-state index contributed by atoms with van der Waals surface area (Å²) in [6, 6.07) is 22.0. The van der Waals surface area contributed by atoms with E-state index in [4.69, 9.17) is 0 Å². The van der Waals surface area contributed by atoms with Gasteiger partial charge in [-0.05, 0) is 53.2 Å². The van der Waals surface area contributed by atoms with Gasteiger partial charge in [0.25, 0.3) is 17.2 Å². The third-order valence-electron chi connectivity index (χ3n) is 4.80. The minimum Gasteiger partial charge on any atom is -0.267 e. The summed E-state index contributed by atoms with van der Waals surface area (Å²) in [5, 5.41) is 11.5. The number of carbonyl (C=O) groups is 1. The molecule has 0 aliphatic heterocycles. The standard InChI is InChI=1S/C23H16BrN3O4S/c1-15-21(32-20-14-8-7-13-19(20)27(30)31)23(29)26(16-9-3-2-4-10-16)25(15)22(28)17-11-5-6-12-18(17)24/h2-14H,1H3. The number of halogens is 1. The van der Waals surface area contributed by atoms with Crippen molar-refractivity contribution in [1.82, 2.24) is 9.36 Å². The third-order valence-corrected chi connectivity index (χ3v) is 6.74. The molecule has 0 unspecified atom stereocenters. The van der Waals surface area contributed by atoms with Crippen LogP contribution in [0.2, 0.25) is 0 Å². The topological polar surface area (TPSA) is 87.1 Å². The van der Waals surface area contributed by atoms with E-state index in [-0.39, 0.29) is 10.6 Å². The van der Waals surface area contributed by atoms with Crippen LogP contribution in [0.4, 0.5) is 5.69 Å². The molecular weight excluding hydrogens is 494 g/mol. The van der Waals surface area contributed by atoms with Crippen molar-refractivity contribution in [2.45, 2.75) is 16.7 Å². The molecule has 0 aliphatic carbocycles. The molecule has 4 rings (SSSR count). The first-order chi connectivity index (χ1) is 15.4. The summed E-state index contributed by atoms with van der Waals surface area (Å²) in [5.74, 6) is -0.398. The fraction of sp³-hybridized carbons (Fsp3) is 0.0435. The number of rotatable bonds is 5. The molecule has 160 valence electrons. The number of nitro benzene ring substituents is 1. The Hall–Kier alpha value is -3.43. The van der Waals surface area contributed by atoms with Gasteiger partial charge in [-0.3, -0.25) is 19.7 Å². The van der Waals surface area contributed by atoms with Crippen molar-refractivity contribution in [2.24, 2.45) is 0 Å². The van der Waals surface area contributed by atoms with Gasteiger partial charge in [-0.25, -0.2) is 9.36 Å². The van der Waals surface area contributed by atoms with E-state index >= 15 is 0 Å². The summed E-state index contributed by atoms with van der Waals surface area (Å²) >= 11 is 4.38. The molecule has 9 heteroatoms. The monoisotopic (exact) mass is 509 g/mol. The second-order valence-corrected chi connectivity index (χ2v) is 8.70. The van der Waals surface area contributed by atoms with Gasteiger partial charge in [0.15, 0.2) is 0 Å². The van der Waals surface area contributed by atoms with Crippen molar-refractivity contribution in [3.05, 3.63) is 115 Å². The molecular formula is C23H16BrN3O4S. The van der Waals surface area contributed by atoms with Gasteiger partial charge in [-0.15, -0.1) is 0 Å². The van der Waals surface area contributed by atoms with E-state index in [0.29, 0.717) is 26.3 Å². The minimum atomic E-state index is -0.489. The van der Waals surface area contributed by atoms with Gasteiger partial charge in [-0.1, -0.05) is 54.2 Å². The normalized spacial score (nSPS) is 10.8. The van der Waals surface area contributed by atoms with Crippen molar-refractivity contribution in [3.8, 4) is 5.69 Å². The summed E-state index contributed by atoms with van der Waals surface area (Å²) < 4.78 is 3.21.